The van der Waals surface area contributed by atoms with E-state index in [2.05, 4.69) is 0 Å². The SMILES string of the molecule is CCCC=C(C)S(N)(=O)=O. The monoisotopic (exact) mass is 163 g/mol. The molecule has 0 saturated heterocycles. The summed E-state index contributed by atoms with van der Waals surface area (Å²) in [6.07, 6.45) is 3.34. The third-order valence-corrected chi connectivity index (χ3v) is 2.23. The first-order valence-corrected chi connectivity index (χ1v) is 4.72. The highest BCUT2D eigenvalue weighted by atomic mass is 32.2. The Hall–Kier alpha value is -0.350. The van der Waals surface area contributed by atoms with Crippen LogP contribution < -0.4 is 5.14 Å². The molecule has 0 aliphatic heterocycles. The van der Waals surface area contributed by atoms with E-state index in [0.717, 1.165) is 12.8 Å². The fraction of sp³-hybridized carbons (Fsp3) is 0.667. The van der Waals surface area contributed by atoms with E-state index in [9.17, 15) is 8.42 Å². The molecule has 0 aliphatic carbocycles. The quantitative estimate of drug-likeness (QED) is 0.674. The summed E-state index contributed by atoms with van der Waals surface area (Å²) in [5.74, 6) is 0. The largest absolute Gasteiger partial charge is 0.233 e. The molecule has 0 rings (SSSR count). The Bertz CT molecular complexity index is 216. The maximum absolute atomic E-state index is 10.5. The summed E-state index contributed by atoms with van der Waals surface area (Å²) in [5, 5.41) is 4.82. The highest BCUT2D eigenvalue weighted by Crippen LogP contribution is 2.01. The lowest BCUT2D eigenvalue weighted by Crippen LogP contribution is -2.12. The number of rotatable bonds is 3. The molecule has 2 N–H and O–H groups in total. The second-order valence-electron chi connectivity index (χ2n) is 2.15. The Labute approximate surface area is 62.0 Å². The fourth-order valence-corrected chi connectivity index (χ4v) is 0.814. The molecule has 60 valence electrons. The molecule has 0 aromatic carbocycles. The molecule has 0 fully saturated rings. The number of primary sulfonamides is 1. The van der Waals surface area contributed by atoms with Gasteiger partial charge < -0.3 is 0 Å². The molecule has 10 heavy (non-hydrogen) atoms. The first-order valence-electron chi connectivity index (χ1n) is 3.18. The molecule has 3 nitrogen and oxygen atoms in total. The molecule has 0 saturated carbocycles. The van der Waals surface area contributed by atoms with Crippen LogP contribution in [-0.2, 0) is 10.0 Å². The molecule has 0 atom stereocenters. The van der Waals surface area contributed by atoms with Gasteiger partial charge in [-0.15, -0.1) is 0 Å². The lowest BCUT2D eigenvalue weighted by Gasteiger charge is -1.94. The van der Waals surface area contributed by atoms with Gasteiger partial charge in [-0.2, -0.15) is 0 Å². The van der Waals surface area contributed by atoms with Crippen molar-refractivity contribution in [1.82, 2.24) is 0 Å². The molecular weight excluding hydrogens is 150 g/mol. The van der Waals surface area contributed by atoms with Crippen molar-refractivity contribution in [2.45, 2.75) is 26.7 Å². The normalized spacial score (nSPS) is 13.7. The van der Waals surface area contributed by atoms with E-state index >= 15 is 0 Å². The van der Waals surface area contributed by atoms with Crippen LogP contribution >= 0.6 is 0 Å². The van der Waals surface area contributed by atoms with Crippen molar-refractivity contribution < 1.29 is 8.42 Å². The lowest BCUT2D eigenvalue weighted by atomic mass is 10.3. The predicted octanol–water partition coefficient (Wildman–Crippen LogP) is 0.979. The number of allylic oxidation sites excluding steroid dienone is 2. The molecule has 0 bridgehead atoms. The second kappa shape index (κ2) is 3.73. The van der Waals surface area contributed by atoms with Crippen LogP contribution in [-0.4, -0.2) is 8.42 Å². The fourth-order valence-electron chi connectivity index (χ4n) is 0.464. The molecule has 0 amide bonds. The molecular formula is C6H13NO2S. The number of sulfonamides is 1. The van der Waals surface area contributed by atoms with E-state index in [1.165, 1.54) is 6.92 Å². The summed E-state index contributed by atoms with van der Waals surface area (Å²) in [6.45, 7) is 3.48. The van der Waals surface area contributed by atoms with Gasteiger partial charge in [-0.1, -0.05) is 19.4 Å². The standard InChI is InChI=1S/C6H13NO2S/c1-3-4-5-6(2)10(7,8)9/h5H,3-4H2,1-2H3,(H2,7,8,9). The lowest BCUT2D eigenvalue weighted by molar-refractivity contribution is 0.603. The van der Waals surface area contributed by atoms with Crippen molar-refractivity contribution in [3.8, 4) is 0 Å². The molecule has 0 spiro atoms. The van der Waals surface area contributed by atoms with Crippen LogP contribution in [0, 0.1) is 0 Å². The smallest absolute Gasteiger partial charge is 0.225 e. The van der Waals surface area contributed by atoms with Gasteiger partial charge in [0.25, 0.3) is 0 Å². The first-order chi connectivity index (χ1) is 4.48. The van der Waals surface area contributed by atoms with Gasteiger partial charge >= 0.3 is 0 Å². The zero-order valence-corrected chi connectivity index (χ0v) is 7.11. The third kappa shape index (κ3) is 3.63. The van der Waals surface area contributed by atoms with Gasteiger partial charge in [0.2, 0.25) is 10.0 Å². The Morgan fingerprint density at radius 2 is 2.10 bits per heavy atom. The average Bonchev–Trinajstić information content (AvgIpc) is 1.80. The van der Waals surface area contributed by atoms with Crippen molar-refractivity contribution in [2.75, 3.05) is 0 Å². The number of hydrogen-bond acceptors (Lipinski definition) is 2. The zero-order chi connectivity index (χ0) is 8.20. The summed E-state index contributed by atoms with van der Waals surface area (Å²) in [4.78, 5) is 0.259. The van der Waals surface area contributed by atoms with E-state index < -0.39 is 10.0 Å². The van der Waals surface area contributed by atoms with Crippen LogP contribution in [0.3, 0.4) is 0 Å². The van der Waals surface area contributed by atoms with Gasteiger partial charge in [0.1, 0.15) is 0 Å². The topological polar surface area (TPSA) is 60.2 Å². The minimum absolute atomic E-state index is 0.259. The summed E-state index contributed by atoms with van der Waals surface area (Å²) >= 11 is 0. The molecule has 0 aromatic rings. The first kappa shape index (κ1) is 9.65. The van der Waals surface area contributed by atoms with Crippen molar-refractivity contribution in [3.05, 3.63) is 11.0 Å². The molecule has 0 radical (unpaired) electrons. The van der Waals surface area contributed by atoms with Crippen molar-refractivity contribution in [1.29, 1.82) is 0 Å². The molecule has 0 heterocycles. The maximum atomic E-state index is 10.5. The molecule has 0 unspecified atom stereocenters. The Morgan fingerprint density at radius 3 is 2.40 bits per heavy atom. The summed E-state index contributed by atoms with van der Waals surface area (Å²) in [5.41, 5.74) is 0. The van der Waals surface area contributed by atoms with E-state index in [1.54, 1.807) is 6.08 Å². The minimum Gasteiger partial charge on any atom is -0.225 e. The number of nitrogens with two attached hydrogens (primary N) is 1. The van der Waals surface area contributed by atoms with Crippen molar-refractivity contribution in [2.24, 2.45) is 5.14 Å². The second-order valence-corrected chi connectivity index (χ2v) is 3.88. The Kier molecular flexibility index (Phi) is 3.60. The zero-order valence-electron chi connectivity index (χ0n) is 6.29. The maximum Gasteiger partial charge on any atom is 0.233 e. The highest BCUT2D eigenvalue weighted by Gasteiger charge is 2.02. The Balaban J connectivity index is 4.22. The van der Waals surface area contributed by atoms with Crippen LogP contribution in [0.4, 0.5) is 0 Å². The summed E-state index contributed by atoms with van der Waals surface area (Å²) in [7, 11) is -3.41. The molecule has 0 aliphatic rings. The van der Waals surface area contributed by atoms with Gasteiger partial charge in [-0.3, -0.25) is 0 Å². The van der Waals surface area contributed by atoms with Crippen molar-refractivity contribution >= 4 is 10.0 Å². The average molecular weight is 163 g/mol. The molecule has 4 heteroatoms. The van der Waals surface area contributed by atoms with Gasteiger partial charge in [0, 0.05) is 0 Å². The van der Waals surface area contributed by atoms with Crippen LogP contribution in [0.5, 0.6) is 0 Å². The van der Waals surface area contributed by atoms with Crippen LogP contribution in [0.2, 0.25) is 0 Å². The number of unbranched alkanes of at least 4 members (excludes halogenated alkanes) is 1. The predicted molar refractivity (Wildman–Crippen MR) is 41.8 cm³/mol. The van der Waals surface area contributed by atoms with Crippen LogP contribution in [0.25, 0.3) is 0 Å². The van der Waals surface area contributed by atoms with Gasteiger partial charge in [0.15, 0.2) is 0 Å². The van der Waals surface area contributed by atoms with E-state index in [-0.39, 0.29) is 4.91 Å². The van der Waals surface area contributed by atoms with Gasteiger partial charge in [0.05, 0.1) is 4.91 Å². The Morgan fingerprint density at radius 1 is 1.60 bits per heavy atom. The van der Waals surface area contributed by atoms with E-state index in [0.29, 0.717) is 0 Å². The number of hydrogen-bond donors (Lipinski definition) is 1. The van der Waals surface area contributed by atoms with E-state index in [4.69, 9.17) is 5.14 Å². The van der Waals surface area contributed by atoms with E-state index in [1.807, 2.05) is 6.92 Å². The molecule has 0 aromatic heterocycles. The van der Waals surface area contributed by atoms with Crippen LogP contribution in [0.1, 0.15) is 26.7 Å². The van der Waals surface area contributed by atoms with Gasteiger partial charge in [-0.25, -0.2) is 13.6 Å². The summed E-state index contributed by atoms with van der Waals surface area (Å²) in [6, 6.07) is 0. The van der Waals surface area contributed by atoms with Crippen molar-refractivity contribution in [3.63, 3.8) is 0 Å². The van der Waals surface area contributed by atoms with Crippen LogP contribution in [0.15, 0.2) is 11.0 Å². The summed E-state index contributed by atoms with van der Waals surface area (Å²) < 4.78 is 21.1. The van der Waals surface area contributed by atoms with Gasteiger partial charge in [-0.05, 0) is 13.3 Å². The highest BCUT2D eigenvalue weighted by molar-refractivity contribution is 7.93. The minimum atomic E-state index is -3.41. The third-order valence-electron chi connectivity index (χ3n) is 1.17.